The van der Waals surface area contributed by atoms with Gasteiger partial charge in [0.2, 0.25) is 0 Å². The third kappa shape index (κ3) is 3.54. The first-order valence-corrected chi connectivity index (χ1v) is 12.5. The first-order valence-electron chi connectivity index (χ1n) is 10.5. The summed E-state index contributed by atoms with van der Waals surface area (Å²) in [7, 11) is 0. The van der Waals surface area contributed by atoms with Gasteiger partial charge in [-0.3, -0.25) is 14.5 Å². The fourth-order valence-electron chi connectivity index (χ4n) is 4.93. The second kappa shape index (κ2) is 8.58. The standard InChI is InChI=1S/C26H20BrNO2S2/c27-19-13-11-18(12-14-19)23-16-21(29)15-22(17-7-3-1-4-8-17)26(23)24(30)28(25(31)32-26)20-9-5-2-6-10-20/h1-14,22-23H,15-16H2/t22-,23-,26-/m0/s1. The Kier molecular flexibility index (Phi) is 5.78. The van der Waals surface area contributed by atoms with Crippen molar-refractivity contribution in [3.8, 4) is 0 Å². The number of nitrogens with zero attached hydrogens (tertiary/aromatic N) is 1. The number of rotatable bonds is 3. The second-order valence-electron chi connectivity index (χ2n) is 8.15. The lowest BCUT2D eigenvalue weighted by Gasteiger charge is -2.44. The van der Waals surface area contributed by atoms with Crippen molar-refractivity contribution in [1.82, 2.24) is 0 Å². The molecule has 1 saturated carbocycles. The molecule has 160 valence electrons. The molecule has 1 spiro atoms. The number of ketones is 1. The minimum absolute atomic E-state index is 0.0343. The van der Waals surface area contributed by atoms with Crippen molar-refractivity contribution in [2.24, 2.45) is 0 Å². The molecule has 32 heavy (non-hydrogen) atoms. The topological polar surface area (TPSA) is 37.4 Å². The average molecular weight is 522 g/mol. The molecule has 2 aliphatic rings. The molecule has 1 aliphatic heterocycles. The highest BCUT2D eigenvalue weighted by Crippen LogP contribution is 2.60. The Bertz CT molecular complexity index is 1180. The summed E-state index contributed by atoms with van der Waals surface area (Å²) in [5.41, 5.74) is 2.76. The first kappa shape index (κ1) is 21.6. The predicted octanol–water partition coefficient (Wildman–Crippen LogP) is 6.48. The van der Waals surface area contributed by atoms with Gasteiger partial charge in [-0.25, -0.2) is 0 Å². The zero-order chi connectivity index (χ0) is 22.3. The van der Waals surface area contributed by atoms with Crippen molar-refractivity contribution in [2.75, 3.05) is 4.90 Å². The van der Waals surface area contributed by atoms with Crippen LogP contribution >= 0.6 is 39.9 Å². The van der Waals surface area contributed by atoms with Crippen LogP contribution in [0.25, 0.3) is 0 Å². The van der Waals surface area contributed by atoms with Crippen molar-refractivity contribution in [3.05, 3.63) is 101 Å². The van der Waals surface area contributed by atoms with E-state index in [0.29, 0.717) is 17.2 Å². The number of thioether (sulfide) groups is 1. The van der Waals surface area contributed by atoms with Crippen molar-refractivity contribution in [2.45, 2.75) is 29.4 Å². The van der Waals surface area contributed by atoms with Crippen molar-refractivity contribution >= 4 is 61.6 Å². The number of carbonyl (C=O) groups is 2. The van der Waals surface area contributed by atoms with Gasteiger partial charge in [0.15, 0.2) is 0 Å². The van der Waals surface area contributed by atoms with Gasteiger partial charge in [0, 0.05) is 29.2 Å². The monoisotopic (exact) mass is 521 g/mol. The van der Waals surface area contributed by atoms with Crippen LogP contribution in [0.1, 0.15) is 35.8 Å². The van der Waals surface area contributed by atoms with Crippen LogP contribution in [-0.4, -0.2) is 20.8 Å². The van der Waals surface area contributed by atoms with Gasteiger partial charge < -0.3 is 0 Å². The van der Waals surface area contributed by atoms with Gasteiger partial charge in [0.05, 0.1) is 5.69 Å². The summed E-state index contributed by atoms with van der Waals surface area (Å²) in [5.74, 6) is -0.392. The maximum atomic E-state index is 14.3. The van der Waals surface area contributed by atoms with Crippen LogP contribution < -0.4 is 4.90 Å². The number of thiocarbonyl (C=S) groups is 1. The highest BCUT2D eigenvalue weighted by molar-refractivity contribution is 9.10. The fraction of sp³-hybridized carbons (Fsp3) is 0.192. The molecule has 3 atom stereocenters. The summed E-state index contributed by atoms with van der Waals surface area (Å²) < 4.78 is 0.623. The van der Waals surface area contributed by atoms with E-state index in [1.165, 1.54) is 11.8 Å². The Balaban J connectivity index is 1.70. The Morgan fingerprint density at radius 3 is 1.94 bits per heavy atom. The van der Waals surface area contributed by atoms with Crippen molar-refractivity contribution in [3.63, 3.8) is 0 Å². The number of para-hydroxylation sites is 1. The molecule has 0 bridgehead atoms. The molecule has 0 N–H and O–H groups in total. The first-order chi connectivity index (χ1) is 15.5. The Morgan fingerprint density at radius 1 is 0.812 bits per heavy atom. The third-order valence-electron chi connectivity index (χ3n) is 6.36. The number of benzene rings is 3. The maximum Gasteiger partial charge on any atom is 0.250 e. The van der Waals surface area contributed by atoms with Gasteiger partial charge in [-0.1, -0.05) is 101 Å². The molecule has 6 heteroatoms. The normalized spacial score (nSPS) is 25.5. The van der Waals surface area contributed by atoms with E-state index < -0.39 is 4.75 Å². The number of carbonyl (C=O) groups excluding carboxylic acids is 2. The SMILES string of the molecule is O=C1C[C@@H](c2ccccc2)[C@]2(SC(=S)N(c3ccccc3)C2=O)[C@H](c2ccc(Br)cc2)C1. The van der Waals surface area contributed by atoms with Gasteiger partial charge in [-0.2, -0.15) is 0 Å². The van der Waals surface area contributed by atoms with Crippen molar-refractivity contribution in [1.29, 1.82) is 0 Å². The molecule has 3 nitrogen and oxygen atoms in total. The molecule has 1 saturated heterocycles. The van der Waals surface area contributed by atoms with E-state index in [1.54, 1.807) is 4.90 Å². The molecule has 5 rings (SSSR count). The van der Waals surface area contributed by atoms with E-state index >= 15 is 0 Å². The Hall–Kier alpha value is -2.28. The van der Waals surface area contributed by atoms with Crippen LogP contribution in [0.15, 0.2) is 89.4 Å². The number of halogens is 1. The number of amides is 1. The molecule has 2 fully saturated rings. The minimum atomic E-state index is -0.879. The van der Waals surface area contributed by atoms with Gasteiger partial charge in [0.25, 0.3) is 5.91 Å². The number of Topliss-reactive ketones (excluding diaryl/α,β-unsaturated/α-hetero) is 1. The van der Waals surface area contributed by atoms with Gasteiger partial charge in [-0.05, 0) is 35.4 Å². The van der Waals surface area contributed by atoms with Gasteiger partial charge >= 0.3 is 0 Å². The lowest BCUT2D eigenvalue weighted by Crippen LogP contribution is -2.52. The van der Waals surface area contributed by atoms with Crippen molar-refractivity contribution < 1.29 is 9.59 Å². The summed E-state index contributed by atoms with van der Waals surface area (Å²) >= 11 is 10.7. The van der Waals surface area contributed by atoms with E-state index in [1.807, 2.05) is 84.9 Å². The summed E-state index contributed by atoms with van der Waals surface area (Å²) in [6, 6.07) is 27.4. The molecular formula is C26H20BrNO2S2. The molecule has 0 aromatic heterocycles. The van der Waals surface area contributed by atoms with Crippen LogP contribution in [-0.2, 0) is 9.59 Å². The summed E-state index contributed by atoms with van der Waals surface area (Å²) in [5, 5.41) is 0. The number of anilines is 1. The maximum absolute atomic E-state index is 14.3. The average Bonchev–Trinajstić information content (AvgIpc) is 3.07. The predicted molar refractivity (Wildman–Crippen MR) is 137 cm³/mol. The molecule has 1 aliphatic carbocycles. The minimum Gasteiger partial charge on any atom is -0.300 e. The smallest absolute Gasteiger partial charge is 0.250 e. The number of hydrogen-bond acceptors (Lipinski definition) is 4. The highest BCUT2D eigenvalue weighted by atomic mass is 79.9. The lowest BCUT2D eigenvalue weighted by molar-refractivity contribution is -0.126. The summed E-state index contributed by atoms with van der Waals surface area (Å²) in [6.45, 7) is 0. The Labute approximate surface area is 205 Å². The fourth-order valence-corrected chi connectivity index (χ4v) is 7.26. The molecule has 0 unspecified atom stereocenters. The zero-order valence-electron chi connectivity index (χ0n) is 17.1. The van der Waals surface area contributed by atoms with Crippen LogP contribution in [0.5, 0.6) is 0 Å². The van der Waals surface area contributed by atoms with Gasteiger partial charge in [0.1, 0.15) is 14.9 Å². The molecular weight excluding hydrogens is 502 g/mol. The van der Waals surface area contributed by atoms with Gasteiger partial charge in [-0.15, -0.1) is 0 Å². The van der Waals surface area contributed by atoms with E-state index in [4.69, 9.17) is 12.2 Å². The summed E-state index contributed by atoms with van der Waals surface area (Å²) in [4.78, 5) is 29.0. The van der Waals surface area contributed by atoms with Crippen LogP contribution in [0.2, 0.25) is 0 Å². The van der Waals surface area contributed by atoms with E-state index in [9.17, 15) is 9.59 Å². The van der Waals surface area contributed by atoms with Crippen LogP contribution in [0.3, 0.4) is 0 Å². The quantitative estimate of drug-likeness (QED) is 0.369. The third-order valence-corrected chi connectivity index (χ3v) is 8.76. The van der Waals surface area contributed by atoms with Crippen LogP contribution in [0.4, 0.5) is 5.69 Å². The molecule has 3 aromatic rings. The summed E-state index contributed by atoms with van der Waals surface area (Å²) in [6.07, 6.45) is 0.663. The second-order valence-corrected chi connectivity index (χ2v) is 11.0. The number of hydrogen-bond donors (Lipinski definition) is 0. The van der Waals surface area contributed by atoms with E-state index in [2.05, 4.69) is 15.9 Å². The van der Waals surface area contributed by atoms with Crippen LogP contribution in [0, 0.1) is 0 Å². The molecule has 1 amide bonds. The van der Waals surface area contributed by atoms with E-state index in [-0.39, 0.29) is 23.5 Å². The lowest BCUT2D eigenvalue weighted by atomic mass is 9.65. The Morgan fingerprint density at radius 2 is 1.34 bits per heavy atom. The molecule has 3 aromatic carbocycles. The van der Waals surface area contributed by atoms with E-state index in [0.717, 1.165) is 21.3 Å². The zero-order valence-corrected chi connectivity index (χ0v) is 20.3. The molecule has 1 heterocycles. The molecule has 0 radical (unpaired) electrons. The largest absolute Gasteiger partial charge is 0.300 e. The highest BCUT2D eigenvalue weighted by Gasteiger charge is 2.63.